The molecule has 1 amide bonds. The van der Waals surface area contributed by atoms with Crippen LogP contribution in [0.5, 0.6) is 0 Å². The van der Waals surface area contributed by atoms with Gasteiger partial charge in [-0.3, -0.25) is 9.59 Å². The summed E-state index contributed by atoms with van der Waals surface area (Å²) in [5.41, 5.74) is 0. The van der Waals surface area contributed by atoms with Crippen LogP contribution in [0.25, 0.3) is 0 Å². The highest BCUT2D eigenvalue weighted by atomic mass is 32.2. The number of carboxylic acid groups (broad SMARTS) is 1. The Kier molecular flexibility index (Phi) is 9.09. The highest BCUT2D eigenvalue weighted by Gasteiger charge is 2.11. The molecular weight excluding hydrogens is 276 g/mol. The van der Waals surface area contributed by atoms with Crippen LogP contribution in [0.2, 0.25) is 0 Å². The number of sulfonamides is 1. The summed E-state index contributed by atoms with van der Waals surface area (Å²) in [7, 11) is -2.00. The number of hydrogen-bond donors (Lipinski definition) is 3. The molecule has 0 aliphatic carbocycles. The van der Waals surface area contributed by atoms with Gasteiger partial charge in [0.2, 0.25) is 15.9 Å². The second-order valence-corrected chi connectivity index (χ2v) is 5.73. The zero-order valence-corrected chi connectivity index (χ0v) is 11.7. The van der Waals surface area contributed by atoms with Crippen molar-refractivity contribution < 1.29 is 27.9 Å². The molecule has 0 unspecified atom stereocenters. The van der Waals surface area contributed by atoms with Crippen molar-refractivity contribution in [3.8, 4) is 0 Å². The van der Waals surface area contributed by atoms with Gasteiger partial charge in [-0.2, -0.15) is 0 Å². The summed E-state index contributed by atoms with van der Waals surface area (Å²) in [4.78, 5) is 21.5. The predicted molar refractivity (Wildman–Crippen MR) is 68.2 cm³/mol. The number of rotatable bonds is 11. The molecule has 8 nitrogen and oxygen atoms in total. The fourth-order valence-corrected chi connectivity index (χ4v) is 2.27. The molecule has 19 heavy (non-hydrogen) atoms. The molecule has 0 radical (unpaired) electrons. The zero-order valence-electron chi connectivity index (χ0n) is 10.8. The summed E-state index contributed by atoms with van der Waals surface area (Å²) in [5.74, 6) is -1.57. The maximum Gasteiger partial charge on any atom is 0.303 e. The SMILES string of the molecule is COCCNC(=O)CCNS(=O)(=O)CCCC(=O)O. The van der Waals surface area contributed by atoms with E-state index in [2.05, 4.69) is 10.0 Å². The van der Waals surface area contributed by atoms with E-state index < -0.39 is 16.0 Å². The smallest absolute Gasteiger partial charge is 0.303 e. The Morgan fingerprint density at radius 2 is 1.89 bits per heavy atom. The van der Waals surface area contributed by atoms with Crippen LogP contribution in [-0.4, -0.2) is 58.0 Å². The number of amides is 1. The number of ether oxygens (including phenoxy) is 1. The zero-order chi connectivity index (χ0) is 14.7. The molecule has 0 atom stereocenters. The molecule has 0 aromatic carbocycles. The Morgan fingerprint density at radius 1 is 1.21 bits per heavy atom. The van der Waals surface area contributed by atoms with Crippen molar-refractivity contribution in [3.63, 3.8) is 0 Å². The third-order valence-electron chi connectivity index (χ3n) is 2.11. The highest BCUT2D eigenvalue weighted by molar-refractivity contribution is 7.89. The van der Waals surface area contributed by atoms with Gasteiger partial charge in [0, 0.05) is 33.0 Å². The number of hydrogen-bond acceptors (Lipinski definition) is 5. The Hall–Kier alpha value is -1.19. The lowest BCUT2D eigenvalue weighted by Gasteiger charge is -2.06. The van der Waals surface area contributed by atoms with E-state index in [0.717, 1.165) is 0 Å². The van der Waals surface area contributed by atoms with Gasteiger partial charge < -0.3 is 15.2 Å². The van der Waals surface area contributed by atoms with E-state index in [1.165, 1.54) is 7.11 Å². The lowest BCUT2D eigenvalue weighted by molar-refractivity contribution is -0.137. The Labute approximate surface area is 112 Å². The Balaban J connectivity index is 3.73. The van der Waals surface area contributed by atoms with Gasteiger partial charge >= 0.3 is 5.97 Å². The minimum absolute atomic E-state index is 0.00573. The average Bonchev–Trinajstić information content (AvgIpc) is 2.28. The molecule has 0 saturated heterocycles. The molecular formula is C10H20N2O6S. The molecule has 0 aromatic heterocycles. The number of nitrogens with one attached hydrogen (secondary N) is 2. The molecule has 0 saturated carbocycles. The lowest BCUT2D eigenvalue weighted by Crippen LogP contribution is -2.33. The maximum absolute atomic E-state index is 11.4. The largest absolute Gasteiger partial charge is 0.481 e. The van der Waals surface area contributed by atoms with E-state index in [4.69, 9.17) is 9.84 Å². The van der Waals surface area contributed by atoms with Gasteiger partial charge in [-0.1, -0.05) is 0 Å². The van der Waals surface area contributed by atoms with E-state index in [-0.39, 0.29) is 37.5 Å². The minimum Gasteiger partial charge on any atom is -0.481 e. The van der Waals surface area contributed by atoms with Crippen LogP contribution in [0, 0.1) is 0 Å². The first kappa shape index (κ1) is 17.8. The van der Waals surface area contributed by atoms with Gasteiger partial charge in [-0.15, -0.1) is 0 Å². The quantitative estimate of drug-likeness (QED) is 0.417. The molecule has 0 bridgehead atoms. The summed E-state index contributed by atoms with van der Waals surface area (Å²) < 4.78 is 29.8. The third kappa shape index (κ3) is 11.6. The molecule has 3 N–H and O–H groups in total. The van der Waals surface area contributed by atoms with E-state index >= 15 is 0 Å². The molecule has 9 heteroatoms. The van der Waals surface area contributed by atoms with Crippen LogP contribution in [-0.2, 0) is 24.3 Å². The lowest BCUT2D eigenvalue weighted by atomic mass is 10.3. The first-order valence-corrected chi connectivity index (χ1v) is 7.47. The molecule has 0 rings (SSSR count). The van der Waals surface area contributed by atoms with Crippen LogP contribution in [0.1, 0.15) is 19.3 Å². The molecule has 0 fully saturated rings. The molecule has 0 aromatic rings. The number of carbonyl (C=O) groups excluding carboxylic acids is 1. The molecule has 112 valence electrons. The van der Waals surface area contributed by atoms with Gasteiger partial charge in [-0.25, -0.2) is 13.1 Å². The third-order valence-corrected chi connectivity index (χ3v) is 3.58. The second kappa shape index (κ2) is 9.70. The fourth-order valence-electron chi connectivity index (χ4n) is 1.19. The summed E-state index contributed by atoms with van der Waals surface area (Å²) in [6.45, 7) is 0.765. The molecule has 0 spiro atoms. The van der Waals surface area contributed by atoms with Crippen LogP contribution in [0.3, 0.4) is 0 Å². The summed E-state index contributed by atoms with van der Waals surface area (Å²) >= 11 is 0. The van der Waals surface area contributed by atoms with E-state index in [1.807, 2.05) is 0 Å². The van der Waals surface area contributed by atoms with E-state index in [1.54, 1.807) is 0 Å². The van der Waals surface area contributed by atoms with Crippen LogP contribution in [0.15, 0.2) is 0 Å². The molecule has 0 aliphatic rings. The van der Waals surface area contributed by atoms with Crippen molar-refractivity contribution in [2.75, 3.05) is 32.6 Å². The summed E-state index contributed by atoms with van der Waals surface area (Å²) in [6.07, 6.45) is -0.120. The number of carbonyl (C=O) groups is 2. The standard InChI is InChI=1S/C10H20N2O6S/c1-18-7-6-11-9(13)4-5-12-19(16,17)8-2-3-10(14)15/h12H,2-8H2,1H3,(H,11,13)(H,14,15). The van der Waals surface area contributed by atoms with Crippen molar-refractivity contribution in [3.05, 3.63) is 0 Å². The first-order chi connectivity index (χ1) is 8.87. The number of aliphatic carboxylic acids is 1. The topological polar surface area (TPSA) is 122 Å². The van der Waals surface area contributed by atoms with Crippen LogP contribution < -0.4 is 10.0 Å². The van der Waals surface area contributed by atoms with Gasteiger partial charge in [0.1, 0.15) is 0 Å². The van der Waals surface area contributed by atoms with E-state index in [0.29, 0.717) is 13.2 Å². The van der Waals surface area contributed by atoms with Gasteiger partial charge in [0.25, 0.3) is 0 Å². The first-order valence-electron chi connectivity index (χ1n) is 5.82. The molecule has 0 heterocycles. The average molecular weight is 296 g/mol. The van der Waals surface area contributed by atoms with Gasteiger partial charge in [-0.05, 0) is 6.42 Å². The second-order valence-electron chi connectivity index (χ2n) is 3.80. The van der Waals surface area contributed by atoms with Crippen molar-refractivity contribution in [2.45, 2.75) is 19.3 Å². The van der Waals surface area contributed by atoms with Crippen molar-refractivity contribution in [1.29, 1.82) is 0 Å². The summed E-state index contributed by atoms with van der Waals surface area (Å²) in [6, 6.07) is 0. The normalized spacial score (nSPS) is 11.2. The monoisotopic (exact) mass is 296 g/mol. The Bertz CT molecular complexity index is 381. The molecule has 0 aliphatic heterocycles. The van der Waals surface area contributed by atoms with E-state index in [9.17, 15) is 18.0 Å². The van der Waals surface area contributed by atoms with Crippen molar-refractivity contribution in [2.24, 2.45) is 0 Å². The Morgan fingerprint density at radius 3 is 2.47 bits per heavy atom. The summed E-state index contributed by atoms with van der Waals surface area (Å²) in [5, 5.41) is 10.9. The van der Waals surface area contributed by atoms with Crippen molar-refractivity contribution in [1.82, 2.24) is 10.0 Å². The van der Waals surface area contributed by atoms with Gasteiger partial charge in [0.05, 0.1) is 12.4 Å². The minimum atomic E-state index is -3.52. The van der Waals surface area contributed by atoms with Gasteiger partial charge in [0.15, 0.2) is 0 Å². The number of carboxylic acids is 1. The highest BCUT2D eigenvalue weighted by Crippen LogP contribution is 1.95. The maximum atomic E-state index is 11.4. The van der Waals surface area contributed by atoms with Crippen molar-refractivity contribution >= 4 is 21.9 Å². The van der Waals surface area contributed by atoms with Crippen LogP contribution >= 0.6 is 0 Å². The fraction of sp³-hybridized carbons (Fsp3) is 0.800. The number of methoxy groups -OCH3 is 1. The predicted octanol–water partition coefficient (Wildman–Crippen LogP) is -1.08. The van der Waals surface area contributed by atoms with Crippen LogP contribution in [0.4, 0.5) is 0 Å².